The van der Waals surface area contributed by atoms with Gasteiger partial charge in [0.25, 0.3) is 11.8 Å². The Morgan fingerprint density at radius 2 is 2.08 bits per heavy atom. The molecule has 0 bridgehead atoms. The molecule has 2 N–H and O–H groups in total. The summed E-state index contributed by atoms with van der Waals surface area (Å²) in [7, 11) is 1.64. The second-order valence-corrected chi connectivity index (χ2v) is 6.21. The van der Waals surface area contributed by atoms with Crippen LogP contribution in [0.15, 0.2) is 24.4 Å². The molecule has 0 aliphatic carbocycles. The van der Waals surface area contributed by atoms with E-state index in [1.54, 1.807) is 26.1 Å². The fourth-order valence-corrected chi connectivity index (χ4v) is 2.37. The van der Waals surface area contributed by atoms with Gasteiger partial charge in [-0.2, -0.15) is 5.10 Å². The van der Waals surface area contributed by atoms with Crippen molar-refractivity contribution in [1.29, 1.82) is 0 Å². The quantitative estimate of drug-likeness (QED) is 0.824. The zero-order valence-corrected chi connectivity index (χ0v) is 15.0. The van der Waals surface area contributed by atoms with Crippen molar-refractivity contribution in [2.24, 2.45) is 7.05 Å². The summed E-state index contributed by atoms with van der Waals surface area (Å²) in [6.07, 6.45) is 1.92. The minimum Gasteiger partial charge on any atom is -0.352 e. The van der Waals surface area contributed by atoms with Crippen LogP contribution in [0.5, 0.6) is 0 Å². The van der Waals surface area contributed by atoms with Crippen molar-refractivity contribution < 1.29 is 14.0 Å². The monoisotopic (exact) mass is 366 g/mol. The Hall–Kier alpha value is -2.41. The fraction of sp³-hybridized carbons (Fsp3) is 0.353. The molecular weight excluding hydrogens is 347 g/mol. The minimum atomic E-state index is -0.415. The highest BCUT2D eigenvalue weighted by Crippen LogP contribution is 2.14. The molecule has 0 saturated heterocycles. The molecule has 0 aliphatic heterocycles. The maximum atomic E-state index is 13.5. The highest BCUT2D eigenvalue weighted by molar-refractivity contribution is 6.32. The van der Waals surface area contributed by atoms with Gasteiger partial charge in [0.1, 0.15) is 11.0 Å². The predicted octanol–water partition coefficient (Wildman–Crippen LogP) is 2.46. The fourth-order valence-electron chi connectivity index (χ4n) is 2.19. The molecule has 2 amide bonds. The van der Waals surface area contributed by atoms with E-state index in [1.165, 1.54) is 16.9 Å². The third kappa shape index (κ3) is 4.79. The summed E-state index contributed by atoms with van der Waals surface area (Å²) in [6.45, 7) is 3.80. The zero-order chi connectivity index (χ0) is 18.6. The second-order valence-electron chi connectivity index (χ2n) is 5.86. The summed E-state index contributed by atoms with van der Waals surface area (Å²) >= 11 is 5.98. The van der Waals surface area contributed by atoms with Gasteiger partial charge in [-0.15, -0.1) is 0 Å². The van der Waals surface area contributed by atoms with E-state index in [0.717, 1.165) is 0 Å². The van der Waals surface area contributed by atoms with Crippen LogP contribution in [0.25, 0.3) is 0 Å². The van der Waals surface area contributed by atoms with Crippen molar-refractivity contribution in [3.05, 3.63) is 52.1 Å². The lowest BCUT2D eigenvalue weighted by Crippen LogP contribution is -2.36. The van der Waals surface area contributed by atoms with E-state index in [4.69, 9.17) is 11.6 Å². The average Bonchev–Trinajstić information content (AvgIpc) is 2.89. The molecule has 1 aromatic heterocycles. The Labute approximate surface area is 150 Å². The lowest BCUT2D eigenvalue weighted by molar-refractivity contribution is 0.0937. The molecule has 1 aromatic carbocycles. The van der Waals surface area contributed by atoms with Crippen molar-refractivity contribution in [2.75, 3.05) is 6.54 Å². The van der Waals surface area contributed by atoms with Crippen LogP contribution in [0.3, 0.4) is 0 Å². The molecule has 0 saturated carbocycles. The largest absolute Gasteiger partial charge is 0.352 e. The third-order valence-electron chi connectivity index (χ3n) is 3.79. The van der Waals surface area contributed by atoms with Gasteiger partial charge in [0.05, 0.1) is 11.8 Å². The Kier molecular flexibility index (Phi) is 6.14. The lowest BCUT2D eigenvalue weighted by Gasteiger charge is -2.14. The van der Waals surface area contributed by atoms with Crippen LogP contribution >= 0.6 is 11.6 Å². The number of hydrogen-bond donors (Lipinski definition) is 2. The van der Waals surface area contributed by atoms with Crippen LogP contribution in [-0.4, -0.2) is 34.2 Å². The van der Waals surface area contributed by atoms with Crippen molar-refractivity contribution in [3.8, 4) is 0 Å². The number of carbonyl (C=O) groups excluding carboxylic acids is 2. The molecule has 25 heavy (non-hydrogen) atoms. The number of hydrogen-bond acceptors (Lipinski definition) is 3. The van der Waals surface area contributed by atoms with Gasteiger partial charge in [0.15, 0.2) is 0 Å². The summed E-state index contributed by atoms with van der Waals surface area (Å²) in [5, 5.41) is 9.67. The predicted molar refractivity (Wildman–Crippen MR) is 93.2 cm³/mol. The lowest BCUT2D eigenvalue weighted by atomic mass is 10.1. The van der Waals surface area contributed by atoms with E-state index in [9.17, 15) is 14.0 Å². The molecule has 8 heteroatoms. The number of nitrogens with one attached hydrogen (secondary N) is 2. The number of aryl methyl sites for hydroxylation is 2. The third-order valence-corrected chi connectivity index (χ3v) is 4.23. The normalized spacial score (nSPS) is 11.9. The highest BCUT2D eigenvalue weighted by atomic mass is 35.5. The molecule has 0 radical (unpaired) electrons. The van der Waals surface area contributed by atoms with Crippen LogP contribution in [-0.2, 0) is 7.05 Å². The zero-order valence-electron chi connectivity index (χ0n) is 14.3. The summed E-state index contributed by atoms with van der Waals surface area (Å²) < 4.78 is 14.9. The van der Waals surface area contributed by atoms with Crippen LogP contribution in [0.1, 0.15) is 39.6 Å². The molecule has 2 aromatic rings. The Morgan fingerprint density at radius 1 is 1.36 bits per heavy atom. The molecule has 1 atom stereocenters. The van der Waals surface area contributed by atoms with Crippen molar-refractivity contribution in [2.45, 2.75) is 26.3 Å². The van der Waals surface area contributed by atoms with Gasteiger partial charge in [0, 0.05) is 25.2 Å². The van der Waals surface area contributed by atoms with Gasteiger partial charge < -0.3 is 10.6 Å². The second kappa shape index (κ2) is 8.11. The smallest absolute Gasteiger partial charge is 0.256 e. The number of amides is 2. The summed E-state index contributed by atoms with van der Waals surface area (Å²) in [5.41, 5.74) is 1.05. The molecule has 1 unspecified atom stereocenters. The minimum absolute atomic E-state index is 0.182. The van der Waals surface area contributed by atoms with Gasteiger partial charge in [-0.1, -0.05) is 17.7 Å². The first-order valence-electron chi connectivity index (χ1n) is 7.82. The van der Waals surface area contributed by atoms with E-state index in [1.807, 2.05) is 6.92 Å². The SMILES string of the molecule is Cc1ccc(C(=O)NCCC(C)NC(=O)c2cnn(C)c2Cl)cc1F. The average molecular weight is 367 g/mol. The molecule has 0 fully saturated rings. The number of halogens is 2. The van der Waals surface area contributed by atoms with Crippen LogP contribution in [0.2, 0.25) is 5.15 Å². The molecule has 134 valence electrons. The Morgan fingerprint density at radius 3 is 2.68 bits per heavy atom. The summed E-state index contributed by atoms with van der Waals surface area (Å²) in [5.74, 6) is -1.09. The summed E-state index contributed by atoms with van der Waals surface area (Å²) in [6, 6.07) is 4.16. The van der Waals surface area contributed by atoms with Gasteiger partial charge in [-0.3, -0.25) is 14.3 Å². The van der Waals surface area contributed by atoms with E-state index in [2.05, 4.69) is 15.7 Å². The standard InChI is InChI=1S/C17H20ClFN4O2/c1-10-4-5-12(8-14(10)19)16(24)20-7-6-11(2)22-17(25)13-9-21-23(3)15(13)18/h4-5,8-9,11H,6-7H2,1-3H3,(H,20,24)(H,22,25). The maximum absolute atomic E-state index is 13.5. The first kappa shape index (κ1) is 18.9. The highest BCUT2D eigenvalue weighted by Gasteiger charge is 2.16. The van der Waals surface area contributed by atoms with Crippen LogP contribution in [0.4, 0.5) is 4.39 Å². The van der Waals surface area contributed by atoms with Gasteiger partial charge >= 0.3 is 0 Å². The van der Waals surface area contributed by atoms with Gasteiger partial charge in [-0.25, -0.2) is 4.39 Å². The molecule has 2 rings (SSSR count). The van der Waals surface area contributed by atoms with Crippen LogP contribution < -0.4 is 10.6 Å². The molecule has 6 nitrogen and oxygen atoms in total. The van der Waals surface area contributed by atoms with Crippen LogP contribution in [0, 0.1) is 12.7 Å². The molecular formula is C17H20ClFN4O2. The number of aromatic nitrogens is 2. The summed E-state index contributed by atoms with van der Waals surface area (Å²) in [4.78, 5) is 24.1. The number of carbonyl (C=O) groups is 2. The Bertz CT molecular complexity index is 791. The van der Waals surface area contributed by atoms with E-state index in [-0.39, 0.29) is 28.6 Å². The first-order valence-corrected chi connectivity index (χ1v) is 8.20. The topological polar surface area (TPSA) is 76.0 Å². The van der Waals surface area contributed by atoms with E-state index in [0.29, 0.717) is 24.1 Å². The van der Waals surface area contributed by atoms with Crippen molar-refractivity contribution >= 4 is 23.4 Å². The van der Waals surface area contributed by atoms with Crippen molar-refractivity contribution in [1.82, 2.24) is 20.4 Å². The number of benzene rings is 1. The van der Waals surface area contributed by atoms with E-state index >= 15 is 0 Å². The molecule has 0 spiro atoms. The number of nitrogens with zero attached hydrogens (tertiary/aromatic N) is 2. The Balaban J connectivity index is 1.80. The van der Waals surface area contributed by atoms with Gasteiger partial charge in [-0.05, 0) is 38.0 Å². The molecule has 1 heterocycles. The van der Waals surface area contributed by atoms with Crippen molar-refractivity contribution in [3.63, 3.8) is 0 Å². The number of rotatable bonds is 6. The maximum Gasteiger partial charge on any atom is 0.256 e. The van der Waals surface area contributed by atoms with E-state index < -0.39 is 5.82 Å². The molecule has 0 aliphatic rings. The van der Waals surface area contributed by atoms with Gasteiger partial charge in [0.2, 0.25) is 0 Å². The first-order chi connectivity index (χ1) is 11.8.